The van der Waals surface area contributed by atoms with Gasteiger partial charge in [0.1, 0.15) is 0 Å². The number of hydrogen-bond acceptors (Lipinski definition) is 2. The van der Waals surface area contributed by atoms with E-state index in [1.54, 1.807) is 0 Å². The highest BCUT2D eigenvalue weighted by Gasteiger charge is 2.12. The lowest BCUT2D eigenvalue weighted by molar-refractivity contribution is 0.0824. The van der Waals surface area contributed by atoms with Crippen LogP contribution in [-0.4, -0.2) is 26.5 Å². The first-order valence-electron chi connectivity index (χ1n) is 8.93. The van der Waals surface area contributed by atoms with Gasteiger partial charge in [0, 0.05) is 19.8 Å². The number of nitrogens with zero attached hydrogens (tertiary/aromatic N) is 1. The summed E-state index contributed by atoms with van der Waals surface area (Å²) in [7, 11) is 0. The predicted molar refractivity (Wildman–Crippen MR) is 88.7 cm³/mol. The van der Waals surface area contributed by atoms with Gasteiger partial charge in [0.2, 0.25) is 0 Å². The summed E-state index contributed by atoms with van der Waals surface area (Å²) in [6, 6.07) is 0. The van der Waals surface area contributed by atoms with Crippen LogP contribution >= 0.6 is 0 Å². The van der Waals surface area contributed by atoms with Gasteiger partial charge < -0.3 is 9.73 Å². The molecule has 0 aromatic rings. The minimum atomic E-state index is 0.869. The number of ether oxygens (including phenoxy) is 1. The van der Waals surface area contributed by atoms with Crippen LogP contribution in [0.1, 0.15) is 83.5 Å². The minimum Gasteiger partial charge on any atom is -0.381 e. The second-order valence-corrected chi connectivity index (χ2v) is 6.35. The number of unbranched alkanes of at least 4 members (excludes halogenated alkanes) is 7. The number of rotatable bonds is 13. The van der Waals surface area contributed by atoms with Gasteiger partial charge in [0.15, 0.2) is 0 Å². The average Bonchev–Trinajstić information content (AvgIpc) is 2.49. The van der Waals surface area contributed by atoms with Crippen molar-refractivity contribution in [2.45, 2.75) is 83.5 Å². The molecule has 1 saturated carbocycles. The fourth-order valence-electron chi connectivity index (χ4n) is 3.09. The third kappa shape index (κ3) is 10.4. The Bertz CT molecular complexity index is 211. The Kier molecular flexibility index (Phi) is 12.0. The van der Waals surface area contributed by atoms with Crippen LogP contribution in [0.3, 0.4) is 0 Å². The molecule has 0 amide bonds. The molecule has 0 aromatic carbocycles. The molecular weight excluding hydrogens is 246 g/mol. The van der Waals surface area contributed by atoms with E-state index in [2.05, 4.69) is 11.7 Å². The molecule has 0 bridgehead atoms. The standard InChI is InChI=1S/C18H35NO/c1-19-15-11-6-4-2-3-5-7-12-16-20-17-18-13-9-8-10-14-18/h18H,1-17H2. The van der Waals surface area contributed by atoms with Crippen molar-refractivity contribution >= 4 is 6.72 Å². The Hall–Kier alpha value is -0.370. The van der Waals surface area contributed by atoms with Crippen LogP contribution in [0.2, 0.25) is 0 Å². The average molecular weight is 281 g/mol. The van der Waals surface area contributed by atoms with Crippen LogP contribution in [-0.2, 0) is 4.74 Å². The van der Waals surface area contributed by atoms with E-state index >= 15 is 0 Å². The van der Waals surface area contributed by atoms with Gasteiger partial charge in [-0.25, -0.2) is 0 Å². The predicted octanol–water partition coefficient (Wildman–Crippen LogP) is 5.40. The van der Waals surface area contributed by atoms with Crippen LogP contribution < -0.4 is 0 Å². The molecule has 0 radical (unpaired) electrons. The van der Waals surface area contributed by atoms with Crippen LogP contribution in [0.5, 0.6) is 0 Å². The maximum Gasteiger partial charge on any atom is 0.0494 e. The van der Waals surface area contributed by atoms with Gasteiger partial charge in [-0.15, -0.1) is 0 Å². The zero-order chi connectivity index (χ0) is 14.3. The molecule has 1 fully saturated rings. The van der Waals surface area contributed by atoms with Gasteiger partial charge in [0.05, 0.1) is 0 Å². The summed E-state index contributed by atoms with van der Waals surface area (Å²) < 4.78 is 5.83. The topological polar surface area (TPSA) is 21.6 Å². The van der Waals surface area contributed by atoms with Crippen molar-refractivity contribution < 1.29 is 4.74 Å². The van der Waals surface area contributed by atoms with Gasteiger partial charge in [-0.1, -0.05) is 57.8 Å². The highest BCUT2D eigenvalue weighted by atomic mass is 16.5. The molecule has 0 unspecified atom stereocenters. The molecule has 0 atom stereocenters. The van der Waals surface area contributed by atoms with Crippen LogP contribution in [0.15, 0.2) is 4.99 Å². The summed E-state index contributed by atoms with van der Waals surface area (Å²) in [5.41, 5.74) is 0. The second kappa shape index (κ2) is 13.6. The minimum absolute atomic E-state index is 0.869. The van der Waals surface area contributed by atoms with Gasteiger partial charge in [-0.05, 0) is 38.3 Å². The first kappa shape index (κ1) is 17.7. The molecular formula is C18H35NO. The second-order valence-electron chi connectivity index (χ2n) is 6.35. The summed E-state index contributed by atoms with van der Waals surface area (Å²) in [5, 5.41) is 0. The monoisotopic (exact) mass is 281 g/mol. The maximum atomic E-state index is 5.83. The molecule has 0 aliphatic heterocycles. The van der Waals surface area contributed by atoms with Crippen molar-refractivity contribution in [1.29, 1.82) is 0 Å². The SMILES string of the molecule is C=NCCCCCCCCCCOCC1CCCCC1. The number of hydrogen-bond donors (Lipinski definition) is 0. The molecule has 0 aromatic heterocycles. The zero-order valence-corrected chi connectivity index (χ0v) is 13.5. The molecule has 0 N–H and O–H groups in total. The van der Waals surface area contributed by atoms with E-state index in [4.69, 9.17) is 4.74 Å². The summed E-state index contributed by atoms with van der Waals surface area (Å²) in [6.07, 6.45) is 17.8. The van der Waals surface area contributed by atoms with E-state index < -0.39 is 0 Å². The van der Waals surface area contributed by atoms with E-state index in [1.165, 1.54) is 83.5 Å². The molecule has 2 heteroatoms. The lowest BCUT2D eigenvalue weighted by Gasteiger charge is -2.21. The third-order valence-electron chi connectivity index (χ3n) is 4.43. The highest BCUT2D eigenvalue weighted by Crippen LogP contribution is 2.23. The molecule has 1 rings (SSSR count). The lowest BCUT2D eigenvalue weighted by atomic mass is 9.90. The summed E-state index contributed by atoms with van der Waals surface area (Å²) >= 11 is 0. The molecule has 0 spiro atoms. The Balaban J connectivity index is 1.71. The summed E-state index contributed by atoms with van der Waals surface area (Å²) in [5.74, 6) is 0.869. The smallest absolute Gasteiger partial charge is 0.0494 e. The Morgan fingerprint density at radius 2 is 1.40 bits per heavy atom. The Morgan fingerprint density at radius 1 is 0.800 bits per heavy atom. The molecule has 0 saturated heterocycles. The molecule has 2 nitrogen and oxygen atoms in total. The largest absolute Gasteiger partial charge is 0.381 e. The normalized spacial score (nSPS) is 16.4. The van der Waals surface area contributed by atoms with Crippen molar-refractivity contribution in [3.8, 4) is 0 Å². The molecule has 118 valence electrons. The third-order valence-corrected chi connectivity index (χ3v) is 4.43. The first-order chi connectivity index (χ1) is 9.93. The van der Waals surface area contributed by atoms with E-state index in [-0.39, 0.29) is 0 Å². The quantitative estimate of drug-likeness (QED) is 0.327. The molecule has 0 heterocycles. The first-order valence-corrected chi connectivity index (χ1v) is 8.93. The van der Waals surface area contributed by atoms with E-state index in [0.717, 1.165) is 25.7 Å². The molecule has 20 heavy (non-hydrogen) atoms. The van der Waals surface area contributed by atoms with Crippen molar-refractivity contribution in [2.75, 3.05) is 19.8 Å². The van der Waals surface area contributed by atoms with E-state index in [9.17, 15) is 0 Å². The van der Waals surface area contributed by atoms with Crippen LogP contribution in [0.4, 0.5) is 0 Å². The Labute approximate surface area is 126 Å². The van der Waals surface area contributed by atoms with Crippen molar-refractivity contribution in [3.63, 3.8) is 0 Å². The Morgan fingerprint density at radius 3 is 2.05 bits per heavy atom. The molecule has 1 aliphatic carbocycles. The van der Waals surface area contributed by atoms with Gasteiger partial charge in [0.25, 0.3) is 0 Å². The fourth-order valence-corrected chi connectivity index (χ4v) is 3.09. The van der Waals surface area contributed by atoms with E-state index in [0.29, 0.717) is 0 Å². The summed E-state index contributed by atoms with van der Waals surface area (Å²) in [4.78, 5) is 3.88. The number of aliphatic imine (C=N–C) groups is 1. The van der Waals surface area contributed by atoms with Gasteiger partial charge in [-0.3, -0.25) is 0 Å². The lowest BCUT2D eigenvalue weighted by Crippen LogP contribution is -2.13. The van der Waals surface area contributed by atoms with Crippen molar-refractivity contribution in [3.05, 3.63) is 0 Å². The highest BCUT2D eigenvalue weighted by molar-refractivity contribution is 5.22. The van der Waals surface area contributed by atoms with Crippen LogP contribution in [0, 0.1) is 5.92 Å². The van der Waals surface area contributed by atoms with Crippen molar-refractivity contribution in [2.24, 2.45) is 10.9 Å². The van der Waals surface area contributed by atoms with Crippen LogP contribution in [0.25, 0.3) is 0 Å². The maximum absolute atomic E-state index is 5.83. The van der Waals surface area contributed by atoms with Crippen molar-refractivity contribution in [1.82, 2.24) is 0 Å². The van der Waals surface area contributed by atoms with E-state index in [1.807, 2.05) is 0 Å². The van der Waals surface area contributed by atoms with Gasteiger partial charge >= 0.3 is 0 Å². The summed E-state index contributed by atoms with van der Waals surface area (Å²) in [6.45, 7) is 6.47. The molecule has 1 aliphatic rings. The fraction of sp³-hybridized carbons (Fsp3) is 0.944. The zero-order valence-electron chi connectivity index (χ0n) is 13.5. The van der Waals surface area contributed by atoms with Gasteiger partial charge in [-0.2, -0.15) is 0 Å².